The number of H-pyrrole nitrogens is 1. The van der Waals surface area contributed by atoms with E-state index in [2.05, 4.69) is 36.2 Å². The predicted molar refractivity (Wildman–Crippen MR) is 162 cm³/mol. The smallest absolute Gasteiger partial charge is 0.247 e. The number of hydrogen-bond acceptors (Lipinski definition) is 8. The first-order valence-electron chi connectivity index (χ1n) is 14.3. The van der Waals surface area contributed by atoms with Crippen LogP contribution >= 0.6 is 0 Å². The zero-order valence-electron chi connectivity index (χ0n) is 24.0. The number of aromatic amines is 1. The van der Waals surface area contributed by atoms with Gasteiger partial charge in [-0.2, -0.15) is 5.21 Å². The van der Waals surface area contributed by atoms with E-state index in [-0.39, 0.29) is 17.7 Å². The van der Waals surface area contributed by atoms with Gasteiger partial charge >= 0.3 is 0 Å². The van der Waals surface area contributed by atoms with Gasteiger partial charge in [0.05, 0.1) is 0 Å². The summed E-state index contributed by atoms with van der Waals surface area (Å²) in [4.78, 5) is 33.4. The predicted octanol–water partition coefficient (Wildman–Crippen LogP) is 3.43. The van der Waals surface area contributed by atoms with E-state index in [1.54, 1.807) is 12.1 Å². The number of nitrogens with one attached hydrogen (secondary N) is 3. The molecule has 0 unspecified atom stereocenters. The molecule has 1 saturated carbocycles. The van der Waals surface area contributed by atoms with E-state index in [9.17, 15) is 9.59 Å². The lowest BCUT2D eigenvalue weighted by molar-refractivity contribution is -0.130. The zero-order valence-corrected chi connectivity index (χ0v) is 24.0. The zero-order chi connectivity index (χ0) is 29.5. The van der Waals surface area contributed by atoms with Crippen LogP contribution in [0.4, 0.5) is 11.5 Å². The summed E-state index contributed by atoms with van der Waals surface area (Å²) >= 11 is 0. The molecule has 1 fully saturated rings. The number of carbonyl (C=O) groups is 2. The maximum absolute atomic E-state index is 13.6. The molecule has 2 aromatic carbocycles. The Hall–Kier alpha value is -4.64. The van der Waals surface area contributed by atoms with Crippen LogP contribution in [0.5, 0.6) is 0 Å². The summed E-state index contributed by atoms with van der Waals surface area (Å²) in [6.45, 7) is 0.647. The van der Waals surface area contributed by atoms with E-state index >= 15 is 0 Å². The largest absolute Gasteiger partial charge is 0.363 e. The van der Waals surface area contributed by atoms with Crippen molar-refractivity contribution in [3.05, 3.63) is 72.4 Å². The van der Waals surface area contributed by atoms with E-state index in [1.165, 1.54) is 0 Å². The van der Waals surface area contributed by atoms with Gasteiger partial charge in [-0.15, -0.1) is 10.2 Å². The molecule has 42 heavy (non-hydrogen) atoms. The van der Waals surface area contributed by atoms with Crippen molar-refractivity contribution < 1.29 is 9.59 Å². The molecular formula is C31H37N9O2. The third kappa shape index (κ3) is 7.16. The topological polar surface area (TPSA) is 155 Å². The molecule has 1 aliphatic carbocycles. The van der Waals surface area contributed by atoms with E-state index in [0.717, 1.165) is 53.8 Å². The fraction of sp³-hybridized carbons (Fsp3) is 0.355. The molecule has 11 heteroatoms. The van der Waals surface area contributed by atoms with Crippen molar-refractivity contribution in [1.29, 1.82) is 0 Å². The highest BCUT2D eigenvalue weighted by Gasteiger charge is 2.29. The monoisotopic (exact) mass is 567 g/mol. The van der Waals surface area contributed by atoms with Crippen LogP contribution in [0, 0.1) is 11.8 Å². The van der Waals surface area contributed by atoms with Crippen LogP contribution in [-0.2, 0) is 16.0 Å². The maximum atomic E-state index is 13.6. The normalized spacial score (nSPS) is 17.3. The lowest BCUT2D eigenvalue weighted by Crippen LogP contribution is -2.48. The highest BCUT2D eigenvalue weighted by molar-refractivity contribution is 5.97. The van der Waals surface area contributed by atoms with Crippen molar-refractivity contribution in [2.45, 2.75) is 38.1 Å². The number of rotatable bonds is 10. The Bertz CT molecular complexity index is 1460. The van der Waals surface area contributed by atoms with Crippen molar-refractivity contribution in [2.75, 3.05) is 30.9 Å². The van der Waals surface area contributed by atoms with Gasteiger partial charge in [-0.05, 0) is 90.9 Å². The van der Waals surface area contributed by atoms with Gasteiger partial charge in [0.1, 0.15) is 11.9 Å². The van der Waals surface area contributed by atoms with Gasteiger partial charge in [0.2, 0.25) is 17.6 Å². The van der Waals surface area contributed by atoms with Crippen molar-refractivity contribution in [3.8, 4) is 22.5 Å². The highest BCUT2D eigenvalue weighted by atomic mass is 16.2. The number of hydrogen-bond donors (Lipinski definition) is 4. The van der Waals surface area contributed by atoms with Crippen molar-refractivity contribution in [2.24, 2.45) is 17.6 Å². The summed E-state index contributed by atoms with van der Waals surface area (Å²) < 4.78 is 0. The van der Waals surface area contributed by atoms with E-state index in [1.807, 2.05) is 73.7 Å². The van der Waals surface area contributed by atoms with Gasteiger partial charge in [0.15, 0.2) is 0 Å². The van der Waals surface area contributed by atoms with Gasteiger partial charge in [-0.25, -0.2) is 4.98 Å². The molecule has 2 amide bonds. The van der Waals surface area contributed by atoms with Crippen molar-refractivity contribution >= 4 is 23.3 Å². The molecule has 5 rings (SSSR count). The fourth-order valence-corrected chi connectivity index (χ4v) is 5.31. The number of anilines is 2. The number of nitrogens with two attached hydrogens (primary N) is 1. The summed E-state index contributed by atoms with van der Waals surface area (Å²) in [7, 11) is 3.91. The third-order valence-corrected chi connectivity index (χ3v) is 7.85. The molecule has 218 valence electrons. The Morgan fingerprint density at radius 3 is 2.40 bits per heavy atom. The molecule has 5 N–H and O–H groups in total. The lowest BCUT2D eigenvalue weighted by Gasteiger charge is -2.28. The van der Waals surface area contributed by atoms with E-state index in [0.29, 0.717) is 30.4 Å². The number of aromatic nitrogens is 5. The minimum absolute atomic E-state index is 0.0855. The average molecular weight is 568 g/mol. The minimum Gasteiger partial charge on any atom is -0.363 e. The quantitative estimate of drug-likeness (QED) is 0.227. The number of tetrazole rings is 1. The number of pyridine rings is 1. The van der Waals surface area contributed by atoms with Crippen LogP contribution in [0.25, 0.3) is 22.5 Å². The van der Waals surface area contributed by atoms with Crippen molar-refractivity contribution in [1.82, 2.24) is 30.9 Å². The first kappa shape index (κ1) is 28.9. The third-order valence-electron chi connectivity index (χ3n) is 7.85. The molecular weight excluding hydrogens is 530 g/mol. The molecule has 0 saturated heterocycles. The summed E-state index contributed by atoms with van der Waals surface area (Å²) in [5, 5.41) is 20.0. The molecule has 2 heterocycles. The number of amides is 2. The SMILES string of the molecule is CN(C)c1ccc(-c2cccc(C[C@H](NC(=O)C3CCC(CN)CC3)C(=O)Nc3ccc(-c4nn[nH]n4)cc3)c2)cn1. The van der Waals surface area contributed by atoms with Crippen LogP contribution in [-0.4, -0.2) is 64.1 Å². The van der Waals surface area contributed by atoms with E-state index < -0.39 is 6.04 Å². The second kappa shape index (κ2) is 13.3. The summed E-state index contributed by atoms with van der Waals surface area (Å²) in [6, 6.07) is 18.4. The molecule has 11 nitrogen and oxygen atoms in total. The highest BCUT2D eigenvalue weighted by Crippen LogP contribution is 2.29. The molecule has 0 bridgehead atoms. The van der Waals surface area contributed by atoms with Gasteiger partial charge in [0.25, 0.3) is 0 Å². The Balaban J connectivity index is 1.33. The Labute approximate surface area is 245 Å². The van der Waals surface area contributed by atoms with Gasteiger partial charge in [0, 0.05) is 49.4 Å². The summed E-state index contributed by atoms with van der Waals surface area (Å²) in [5.74, 6) is 1.32. The second-order valence-corrected chi connectivity index (χ2v) is 11.0. The summed E-state index contributed by atoms with van der Waals surface area (Å²) in [5.41, 5.74) is 10.1. The minimum atomic E-state index is -0.758. The molecule has 1 atom stereocenters. The van der Waals surface area contributed by atoms with Crippen LogP contribution < -0.4 is 21.3 Å². The Morgan fingerprint density at radius 2 is 1.76 bits per heavy atom. The van der Waals surface area contributed by atoms with Gasteiger partial charge < -0.3 is 21.3 Å². The van der Waals surface area contributed by atoms with Crippen LogP contribution in [0.2, 0.25) is 0 Å². The standard InChI is InChI=1S/C31H37N9O2/c1-40(2)28-15-12-25(19-33-28)24-5-3-4-21(16-24)17-27(35-30(41)23-8-6-20(18-32)7-9-23)31(42)34-26-13-10-22(11-14-26)29-36-38-39-37-29/h3-5,10-16,19-20,23,27H,6-9,17-18,32H2,1-2H3,(H,34,42)(H,35,41)(H,36,37,38,39)/t20?,23?,27-/m0/s1. The lowest BCUT2D eigenvalue weighted by atomic mass is 9.81. The van der Waals surface area contributed by atoms with Gasteiger partial charge in [-0.3, -0.25) is 9.59 Å². The second-order valence-electron chi connectivity index (χ2n) is 11.0. The average Bonchev–Trinajstić information content (AvgIpc) is 3.56. The van der Waals surface area contributed by atoms with Crippen LogP contribution in [0.3, 0.4) is 0 Å². The van der Waals surface area contributed by atoms with Crippen LogP contribution in [0.1, 0.15) is 31.2 Å². The van der Waals surface area contributed by atoms with Crippen molar-refractivity contribution in [3.63, 3.8) is 0 Å². The molecule has 0 spiro atoms. The first-order chi connectivity index (χ1) is 20.4. The fourth-order valence-electron chi connectivity index (χ4n) is 5.31. The number of nitrogens with zero attached hydrogens (tertiary/aromatic N) is 5. The molecule has 1 aliphatic rings. The Morgan fingerprint density at radius 1 is 1.00 bits per heavy atom. The molecule has 0 radical (unpaired) electrons. The number of carbonyl (C=O) groups excluding carboxylic acids is 2. The molecule has 0 aliphatic heterocycles. The van der Waals surface area contributed by atoms with Crippen LogP contribution in [0.15, 0.2) is 66.9 Å². The van der Waals surface area contributed by atoms with Gasteiger partial charge in [-0.1, -0.05) is 24.3 Å². The number of benzene rings is 2. The Kier molecular flexibility index (Phi) is 9.18. The first-order valence-corrected chi connectivity index (χ1v) is 14.3. The molecule has 2 aromatic heterocycles. The van der Waals surface area contributed by atoms with E-state index in [4.69, 9.17) is 5.73 Å². The summed E-state index contributed by atoms with van der Waals surface area (Å²) in [6.07, 6.45) is 5.61. The molecule has 4 aromatic rings. The maximum Gasteiger partial charge on any atom is 0.247 e.